The summed E-state index contributed by atoms with van der Waals surface area (Å²) in [6.07, 6.45) is 1.56. The quantitative estimate of drug-likeness (QED) is 0.691. The van der Waals surface area contributed by atoms with E-state index in [1.807, 2.05) is 30.3 Å². The lowest BCUT2D eigenvalue weighted by atomic mass is 10.2. The van der Waals surface area contributed by atoms with Crippen LogP contribution < -0.4 is 5.49 Å². The molecule has 0 atom stereocenters. The van der Waals surface area contributed by atoms with Crippen LogP contribution in [-0.4, -0.2) is 19.5 Å². The van der Waals surface area contributed by atoms with Gasteiger partial charge in [0.1, 0.15) is 6.89 Å². The van der Waals surface area contributed by atoms with E-state index < -0.39 is 0 Å². The number of hydrogen-bond donors (Lipinski definition) is 2. The third-order valence-corrected chi connectivity index (χ3v) is 2.58. The highest BCUT2D eigenvalue weighted by Crippen LogP contribution is 2.07. The molecule has 0 aliphatic heterocycles. The SMILES string of the molecule is [2H]c1nc(=N)c2[nH]cnc2n1Cc1ccccc1. The van der Waals surface area contributed by atoms with E-state index in [1.54, 1.807) is 4.57 Å². The standard InChI is InChI=1S/C12H11N5/c13-11-10-12(15-7-14-10)17(8-16-11)6-9-4-2-1-3-5-9/h1-5,7-8,13H,6H2,(H,14,15)/i8D. The summed E-state index contributed by atoms with van der Waals surface area (Å²) < 4.78 is 9.54. The highest BCUT2D eigenvalue weighted by molar-refractivity contribution is 5.68. The molecule has 3 aromatic rings. The van der Waals surface area contributed by atoms with Crippen LogP contribution in [0.3, 0.4) is 0 Å². The number of imidazole rings is 1. The predicted octanol–water partition coefficient (Wildman–Crippen LogP) is 1.29. The van der Waals surface area contributed by atoms with Crippen LogP contribution in [0.15, 0.2) is 43.0 Å². The summed E-state index contributed by atoms with van der Waals surface area (Å²) in [4.78, 5) is 10.9. The first kappa shape index (κ1) is 8.69. The van der Waals surface area contributed by atoms with Crippen LogP contribution in [-0.2, 0) is 6.54 Å². The topological polar surface area (TPSA) is 70.3 Å². The molecule has 5 heteroatoms. The summed E-state index contributed by atoms with van der Waals surface area (Å²) in [5.74, 6) is 0. The molecule has 0 saturated heterocycles. The van der Waals surface area contributed by atoms with Crippen molar-refractivity contribution in [2.45, 2.75) is 6.54 Å². The predicted molar refractivity (Wildman–Crippen MR) is 63.3 cm³/mol. The van der Waals surface area contributed by atoms with Crippen LogP contribution in [0.5, 0.6) is 0 Å². The van der Waals surface area contributed by atoms with Crippen LogP contribution in [0.4, 0.5) is 0 Å². The Morgan fingerprint density at radius 3 is 2.94 bits per heavy atom. The van der Waals surface area contributed by atoms with Crippen molar-refractivity contribution in [3.8, 4) is 0 Å². The Labute approximate surface area is 98.7 Å². The number of nitrogens with one attached hydrogen (secondary N) is 2. The summed E-state index contributed by atoms with van der Waals surface area (Å²) in [5.41, 5.74) is 2.27. The summed E-state index contributed by atoms with van der Waals surface area (Å²) in [7, 11) is 0. The smallest absolute Gasteiger partial charge is 0.173 e. The molecule has 0 aliphatic carbocycles. The number of H-pyrrole nitrogens is 1. The van der Waals surface area contributed by atoms with Crippen molar-refractivity contribution in [2.24, 2.45) is 0 Å². The second-order valence-corrected chi connectivity index (χ2v) is 3.73. The van der Waals surface area contributed by atoms with Gasteiger partial charge in [0, 0.05) is 0 Å². The number of aromatic nitrogens is 4. The van der Waals surface area contributed by atoms with E-state index in [4.69, 9.17) is 6.78 Å². The van der Waals surface area contributed by atoms with Crippen LogP contribution in [0.1, 0.15) is 6.93 Å². The molecule has 0 bridgehead atoms. The summed E-state index contributed by atoms with van der Waals surface area (Å²) in [5, 5.41) is 7.68. The Kier molecular flexibility index (Phi) is 1.97. The minimum atomic E-state index is 0.0449. The third-order valence-electron chi connectivity index (χ3n) is 2.58. The number of fused-ring (bicyclic) bond motifs is 1. The Morgan fingerprint density at radius 2 is 2.12 bits per heavy atom. The number of nitrogens with zero attached hydrogens (tertiary/aromatic N) is 3. The molecule has 2 heterocycles. The van der Waals surface area contributed by atoms with E-state index in [-0.39, 0.29) is 11.8 Å². The second-order valence-electron chi connectivity index (χ2n) is 3.73. The molecular formula is C12H11N5. The number of aromatic amines is 1. The van der Waals surface area contributed by atoms with Crippen molar-refractivity contribution in [1.29, 1.82) is 5.41 Å². The van der Waals surface area contributed by atoms with Gasteiger partial charge in [-0.3, -0.25) is 5.41 Å². The van der Waals surface area contributed by atoms with Gasteiger partial charge in [-0.05, 0) is 5.56 Å². The fraction of sp³-hybridized carbons (Fsp3) is 0.0833. The molecule has 17 heavy (non-hydrogen) atoms. The van der Waals surface area contributed by atoms with Gasteiger partial charge in [-0.25, -0.2) is 9.97 Å². The average Bonchev–Trinajstić information content (AvgIpc) is 2.85. The summed E-state index contributed by atoms with van der Waals surface area (Å²) in [6.45, 7) is 0.522. The lowest BCUT2D eigenvalue weighted by Gasteiger charge is -2.06. The molecule has 0 radical (unpaired) electrons. The molecule has 0 aliphatic rings. The van der Waals surface area contributed by atoms with Gasteiger partial charge in [0.15, 0.2) is 11.1 Å². The van der Waals surface area contributed by atoms with Crippen molar-refractivity contribution in [3.05, 3.63) is 54.0 Å². The Hall–Kier alpha value is -2.43. The fourth-order valence-corrected chi connectivity index (χ4v) is 1.76. The number of benzene rings is 1. The number of hydrogen-bond acceptors (Lipinski definition) is 3. The zero-order valence-corrected chi connectivity index (χ0v) is 9.01. The van der Waals surface area contributed by atoms with Gasteiger partial charge in [0.05, 0.1) is 19.2 Å². The molecule has 0 saturated carbocycles. The Bertz CT molecular complexity index is 744. The van der Waals surface area contributed by atoms with Gasteiger partial charge in [0.25, 0.3) is 0 Å². The van der Waals surface area contributed by atoms with E-state index in [2.05, 4.69) is 15.0 Å². The fourth-order valence-electron chi connectivity index (χ4n) is 1.76. The normalized spacial score (nSPS) is 11.6. The molecule has 2 aromatic heterocycles. The van der Waals surface area contributed by atoms with E-state index in [0.717, 1.165) is 5.56 Å². The van der Waals surface area contributed by atoms with Crippen LogP contribution in [0.25, 0.3) is 11.2 Å². The van der Waals surface area contributed by atoms with Crippen molar-refractivity contribution < 1.29 is 1.37 Å². The van der Waals surface area contributed by atoms with Gasteiger partial charge < -0.3 is 9.55 Å². The maximum Gasteiger partial charge on any atom is 0.173 e. The van der Waals surface area contributed by atoms with Crippen LogP contribution >= 0.6 is 0 Å². The lowest BCUT2D eigenvalue weighted by molar-refractivity contribution is 0.784. The highest BCUT2D eigenvalue weighted by Gasteiger charge is 2.04. The minimum Gasteiger partial charge on any atom is -0.340 e. The van der Waals surface area contributed by atoms with Gasteiger partial charge >= 0.3 is 0 Å². The third kappa shape index (κ3) is 1.71. The average molecular weight is 226 g/mol. The monoisotopic (exact) mass is 226 g/mol. The number of rotatable bonds is 2. The molecule has 84 valence electrons. The summed E-state index contributed by atoms with van der Waals surface area (Å²) in [6, 6.07) is 9.82. The van der Waals surface area contributed by atoms with Gasteiger partial charge in [-0.15, -0.1) is 0 Å². The van der Waals surface area contributed by atoms with E-state index >= 15 is 0 Å². The van der Waals surface area contributed by atoms with E-state index in [0.29, 0.717) is 17.7 Å². The van der Waals surface area contributed by atoms with Crippen molar-refractivity contribution in [2.75, 3.05) is 0 Å². The van der Waals surface area contributed by atoms with Crippen LogP contribution in [0, 0.1) is 5.41 Å². The van der Waals surface area contributed by atoms with Crippen molar-refractivity contribution in [1.82, 2.24) is 19.5 Å². The van der Waals surface area contributed by atoms with E-state index in [1.165, 1.54) is 6.33 Å². The first-order chi connectivity index (χ1) is 8.75. The van der Waals surface area contributed by atoms with Crippen molar-refractivity contribution >= 4 is 11.2 Å². The summed E-state index contributed by atoms with van der Waals surface area (Å²) >= 11 is 0. The van der Waals surface area contributed by atoms with Gasteiger partial charge in [0.2, 0.25) is 0 Å². The molecule has 0 spiro atoms. The van der Waals surface area contributed by atoms with Crippen molar-refractivity contribution in [3.63, 3.8) is 0 Å². The molecule has 0 unspecified atom stereocenters. The Balaban J connectivity index is 2.17. The lowest BCUT2D eigenvalue weighted by Crippen LogP contribution is -2.13. The largest absolute Gasteiger partial charge is 0.340 e. The zero-order chi connectivity index (χ0) is 12.5. The molecule has 0 fully saturated rings. The Morgan fingerprint density at radius 1 is 1.29 bits per heavy atom. The molecule has 1 aromatic carbocycles. The maximum absolute atomic E-state index is 7.86. The molecular weight excluding hydrogens is 214 g/mol. The molecule has 3 rings (SSSR count). The highest BCUT2D eigenvalue weighted by atomic mass is 15.1. The minimum absolute atomic E-state index is 0.0449. The molecule has 2 N–H and O–H groups in total. The first-order valence-electron chi connectivity index (χ1n) is 5.75. The first-order valence-corrected chi connectivity index (χ1v) is 5.25. The van der Waals surface area contributed by atoms with Gasteiger partial charge in [-0.2, -0.15) is 0 Å². The molecule has 5 nitrogen and oxygen atoms in total. The van der Waals surface area contributed by atoms with Gasteiger partial charge in [-0.1, -0.05) is 30.3 Å². The van der Waals surface area contributed by atoms with Crippen LogP contribution in [0.2, 0.25) is 0 Å². The maximum atomic E-state index is 7.86. The zero-order valence-electron chi connectivity index (χ0n) is 10.0. The second kappa shape index (κ2) is 3.86. The van der Waals surface area contributed by atoms with E-state index in [9.17, 15) is 0 Å². The molecule has 0 amide bonds.